The van der Waals surface area contributed by atoms with Gasteiger partial charge in [0.15, 0.2) is 5.78 Å². The molecule has 1 N–H and O–H groups in total. The fourth-order valence-electron chi connectivity index (χ4n) is 2.83. The van der Waals surface area contributed by atoms with E-state index in [1.54, 1.807) is 44.2 Å². The third-order valence-electron chi connectivity index (χ3n) is 3.93. The van der Waals surface area contributed by atoms with Gasteiger partial charge in [0, 0.05) is 17.4 Å². The number of furan rings is 1. The quantitative estimate of drug-likeness (QED) is 0.530. The van der Waals surface area contributed by atoms with Crippen LogP contribution in [0.4, 0.5) is 0 Å². The van der Waals surface area contributed by atoms with Crippen LogP contribution in [-0.2, 0) is 16.0 Å². The summed E-state index contributed by atoms with van der Waals surface area (Å²) in [7, 11) is 0. The lowest BCUT2D eigenvalue weighted by molar-refractivity contribution is -0.147. The van der Waals surface area contributed by atoms with Crippen LogP contribution in [0.5, 0.6) is 5.75 Å². The second-order valence-electron chi connectivity index (χ2n) is 6.31. The van der Waals surface area contributed by atoms with Crippen molar-refractivity contribution >= 4 is 22.7 Å². The lowest BCUT2D eigenvalue weighted by Gasteiger charge is -2.07. The second kappa shape index (κ2) is 7.44. The third kappa shape index (κ3) is 3.77. The van der Waals surface area contributed by atoms with E-state index in [1.165, 1.54) is 12.1 Å². The summed E-state index contributed by atoms with van der Waals surface area (Å²) in [6.07, 6.45) is 0.161. The van der Waals surface area contributed by atoms with E-state index in [9.17, 15) is 14.7 Å². The topological polar surface area (TPSA) is 76.7 Å². The molecule has 0 saturated heterocycles. The van der Waals surface area contributed by atoms with Gasteiger partial charge in [0.2, 0.25) is 0 Å². The highest BCUT2D eigenvalue weighted by Crippen LogP contribution is 2.31. The molecule has 3 rings (SSSR count). The van der Waals surface area contributed by atoms with Crippen molar-refractivity contribution in [2.75, 3.05) is 0 Å². The molecule has 0 aliphatic heterocycles. The number of benzene rings is 2. The molecule has 0 aliphatic rings. The van der Waals surface area contributed by atoms with Gasteiger partial charge in [0.25, 0.3) is 0 Å². The number of phenols is 1. The number of carbonyl (C=O) groups is 2. The normalized spacial score (nSPS) is 11.0. The predicted octanol–water partition coefficient (Wildman–Crippen LogP) is 4.25. The maximum Gasteiger partial charge on any atom is 0.306 e. The van der Waals surface area contributed by atoms with Crippen molar-refractivity contribution in [2.45, 2.75) is 32.8 Å². The summed E-state index contributed by atoms with van der Waals surface area (Å²) < 4.78 is 11.0. The first-order chi connectivity index (χ1) is 12.5. The number of fused-ring (bicyclic) bond motifs is 1. The predicted molar refractivity (Wildman–Crippen MR) is 97.3 cm³/mol. The Labute approximate surface area is 151 Å². The van der Waals surface area contributed by atoms with Crippen LogP contribution in [0.25, 0.3) is 11.0 Å². The molecule has 0 bridgehead atoms. The maximum atomic E-state index is 13.0. The Morgan fingerprint density at radius 1 is 1.12 bits per heavy atom. The fraction of sp³-hybridized carbons (Fsp3) is 0.238. The number of phenolic OH excluding ortho intramolecular Hbond substituents is 1. The first-order valence-electron chi connectivity index (χ1n) is 8.49. The molecule has 0 aliphatic carbocycles. The highest BCUT2D eigenvalue weighted by molar-refractivity contribution is 6.17. The molecule has 5 nitrogen and oxygen atoms in total. The molecule has 3 aromatic rings. The van der Waals surface area contributed by atoms with Gasteiger partial charge in [0.1, 0.15) is 17.1 Å². The number of ether oxygens (including phenoxy) is 1. The molecule has 1 heterocycles. The van der Waals surface area contributed by atoms with Crippen molar-refractivity contribution in [3.63, 3.8) is 0 Å². The number of ketones is 1. The highest BCUT2D eigenvalue weighted by atomic mass is 16.5. The summed E-state index contributed by atoms with van der Waals surface area (Å²) in [6.45, 7) is 3.57. The molecule has 0 saturated carbocycles. The molecule has 2 aromatic carbocycles. The number of carbonyl (C=O) groups excluding carboxylic acids is 2. The van der Waals surface area contributed by atoms with Crippen LogP contribution in [0, 0.1) is 0 Å². The summed E-state index contributed by atoms with van der Waals surface area (Å²) in [4.78, 5) is 24.9. The Balaban J connectivity index is 1.99. The van der Waals surface area contributed by atoms with E-state index in [0.717, 1.165) is 0 Å². The number of aromatic hydroxyl groups is 1. The third-order valence-corrected chi connectivity index (χ3v) is 3.93. The van der Waals surface area contributed by atoms with Crippen molar-refractivity contribution in [3.05, 3.63) is 65.4 Å². The van der Waals surface area contributed by atoms with Crippen LogP contribution in [0.1, 0.15) is 41.9 Å². The lowest BCUT2D eigenvalue weighted by Crippen LogP contribution is -2.12. The van der Waals surface area contributed by atoms with Gasteiger partial charge >= 0.3 is 5.97 Å². The van der Waals surface area contributed by atoms with E-state index in [1.807, 2.05) is 6.07 Å². The number of aryl methyl sites for hydroxylation is 1. The average molecular weight is 352 g/mol. The Kier molecular flexibility index (Phi) is 5.07. The van der Waals surface area contributed by atoms with Crippen LogP contribution in [-0.4, -0.2) is 23.0 Å². The molecule has 0 unspecified atom stereocenters. The minimum Gasteiger partial charge on any atom is -0.508 e. The van der Waals surface area contributed by atoms with E-state index < -0.39 is 0 Å². The summed E-state index contributed by atoms with van der Waals surface area (Å²) in [5, 5.41) is 10.3. The van der Waals surface area contributed by atoms with Gasteiger partial charge in [-0.15, -0.1) is 0 Å². The van der Waals surface area contributed by atoms with Crippen molar-refractivity contribution in [3.8, 4) is 5.75 Å². The minimum atomic E-state index is -0.346. The first-order valence-corrected chi connectivity index (χ1v) is 8.49. The van der Waals surface area contributed by atoms with Crippen LogP contribution in [0.15, 0.2) is 52.9 Å². The fourth-order valence-corrected chi connectivity index (χ4v) is 2.83. The summed E-state index contributed by atoms with van der Waals surface area (Å²) in [6, 6.07) is 13.5. The molecular formula is C21H20O5. The highest BCUT2D eigenvalue weighted by Gasteiger charge is 2.23. The van der Waals surface area contributed by atoms with Crippen molar-refractivity contribution in [1.29, 1.82) is 0 Å². The number of esters is 1. The molecule has 0 radical (unpaired) electrons. The van der Waals surface area contributed by atoms with Gasteiger partial charge in [-0.25, -0.2) is 0 Å². The summed E-state index contributed by atoms with van der Waals surface area (Å²) >= 11 is 0. The number of hydrogen-bond donors (Lipinski definition) is 1. The minimum absolute atomic E-state index is 0.0474. The summed E-state index contributed by atoms with van der Waals surface area (Å²) in [5.41, 5.74) is 1.39. The zero-order valence-corrected chi connectivity index (χ0v) is 14.7. The molecule has 134 valence electrons. The van der Waals surface area contributed by atoms with Crippen LogP contribution in [0.2, 0.25) is 0 Å². The van der Waals surface area contributed by atoms with Crippen molar-refractivity contribution in [1.82, 2.24) is 0 Å². The molecule has 0 amide bonds. The van der Waals surface area contributed by atoms with Crippen LogP contribution >= 0.6 is 0 Å². The van der Waals surface area contributed by atoms with Gasteiger partial charge < -0.3 is 14.3 Å². The van der Waals surface area contributed by atoms with E-state index in [-0.39, 0.29) is 36.4 Å². The zero-order valence-electron chi connectivity index (χ0n) is 14.7. The molecule has 5 heteroatoms. The van der Waals surface area contributed by atoms with Gasteiger partial charge in [-0.1, -0.05) is 30.3 Å². The number of rotatable bonds is 6. The van der Waals surface area contributed by atoms with Gasteiger partial charge in [-0.3, -0.25) is 9.59 Å². The van der Waals surface area contributed by atoms with E-state index in [4.69, 9.17) is 9.15 Å². The average Bonchev–Trinajstić information content (AvgIpc) is 2.97. The maximum absolute atomic E-state index is 13.0. The molecule has 0 fully saturated rings. The lowest BCUT2D eigenvalue weighted by atomic mass is 9.98. The molecular weight excluding hydrogens is 332 g/mol. The van der Waals surface area contributed by atoms with Crippen LogP contribution in [0.3, 0.4) is 0 Å². The van der Waals surface area contributed by atoms with E-state index >= 15 is 0 Å². The monoisotopic (exact) mass is 352 g/mol. The summed E-state index contributed by atoms with van der Waals surface area (Å²) in [5.74, 6) is -0.0880. The Morgan fingerprint density at radius 2 is 1.85 bits per heavy atom. The molecule has 1 aromatic heterocycles. The first kappa shape index (κ1) is 17.7. The smallest absolute Gasteiger partial charge is 0.306 e. The standard InChI is InChI=1S/C21H20O5/c1-13(2)25-19(23)11-10-18-20(21(24)14-6-4-3-5-7-14)16-12-15(22)8-9-17(16)26-18/h3-9,12-13,22H,10-11H2,1-2H3. The van der Waals surface area contributed by atoms with Crippen LogP contribution < -0.4 is 0 Å². The van der Waals surface area contributed by atoms with Gasteiger partial charge in [-0.2, -0.15) is 0 Å². The molecule has 26 heavy (non-hydrogen) atoms. The Morgan fingerprint density at radius 3 is 2.54 bits per heavy atom. The van der Waals surface area contributed by atoms with Gasteiger partial charge in [0.05, 0.1) is 18.1 Å². The van der Waals surface area contributed by atoms with Gasteiger partial charge in [-0.05, 0) is 32.0 Å². The van der Waals surface area contributed by atoms with Crippen molar-refractivity contribution < 1.29 is 23.8 Å². The Hall–Kier alpha value is -3.08. The van der Waals surface area contributed by atoms with Crippen molar-refractivity contribution in [2.24, 2.45) is 0 Å². The largest absolute Gasteiger partial charge is 0.508 e. The number of hydrogen-bond acceptors (Lipinski definition) is 5. The second-order valence-corrected chi connectivity index (χ2v) is 6.31. The Bertz CT molecular complexity index is 938. The molecule has 0 atom stereocenters. The zero-order chi connectivity index (χ0) is 18.7. The van der Waals surface area contributed by atoms with E-state index in [0.29, 0.717) is 27.9 Å². The molecule has 0 spiro atoms. The van der Waals surface area contributed by atoms with E-state index in [2.05, 4.69) is 0 Å². The SMILES string of the molecule is CC(C)OC(=O)CCc1oc2ccc(O)cc2c1C(=O)c1ccccc1.